The summed E-state index contributed by atoms with van der Waals surface area (Å²) in [6, 6.07) is 4.56. The summed E-state index contributed by atoms with van der Waals surface area (Å²) in [5.41, 5.74) is 1.37. The second kappa shape index (κ2) is 5.10. The van der Waals surface area contributed by atoms with E-state index in [1.165, 1.54) is 18.6 Å². The number of rotatable bonds is 3. The lowest BCUT2D eigenvalue weighted by Crippen LogP contribution is -2.27. The second-order valence-electron chi connectivity index (χ2n) is 6.29. The quantitative estimate of drug-likeness (QED) is 0.895. The summed E-state index contributed by atoms with van der Waals surface area (Å²) in [5.74, 6) is 1.28. The molecule has 21 heavy (non-hydrogen) atoms. The van der Waals surface area contributed by atoms with Crippen molar-refractivity contribution in [1.82, 2.24) is 0 Å². The SMILES string of the molecule is Cc1ccc(S(N)(=O)=O)cc1NC(=O)[C@H]1C[C@H]2CC[C@H]1C2. The minimum Gasteiger partial charge on any atom is -0.326 e. The molecule has 6 heteroatoms. The standard InChI is InChI=1S/C15H20N2O3S/c1-9-2-5-12(21(16,19)20)8-14(9)17-15(18)13-7-10-3-4-11(13)6-10/h2,5,8,10-11,13H,3-4,6-7H2,1H3,(H,17,18)(H2,16,19,20)/t10-,11-,13-/m0/s1. The van der Waals surface area contributed by atoms with E-state index in [0.29, 0.717) is 17.5 Å². The highest BCUT2D eigenvalue weighted by Gasteiger charge is 2.43. The molecule has 2 bridgehead atoms. The molecule has 1 amide bonds. The van der Waals surface area contributed by atoms with E-state index in [2.05, 4.69) is 5.32 Å². The average molecular weight is 308 g/mol. The Kier molecular flexibility index (Phi) is 3.53. The van der Waals surface area contributed by atoms with Gasteiger partial charge in [0.1, 0.15) is 0 Å². The molecule has 3 N–H and O–H groups in total. The molecule has 0 unspecified atom stereocenters. The molecule has 2 saturated carbocycles. The zero-order valence-electron chi connectivity index (χ0n) is 12.0. The summed E-state index contributed by atoms with van der Waals surface area (Å²) < 4.78 is 22.8. The Bertz CT molecular complexity index is 684. The number of benzene rings is 1. The lowest BCUT2D eigenvalue weighted by molar-refractivity contribution is -0.121. The van der Waals surface area contributed by atoms with Crippen LogP contribution in [0.1, 0.15) is 31.2 Å². The Hall–Kier alpha value is -1.40. The van der Waals surface area contributed by atoms with Gasteiger partial charge in [-0.25, -0.2) is 13.6 Å². The van der Waals surface area contributed by atoms with Crippen molar-refractivity contribution in [2.75, 3.05) is 5.32 Å². The molecule has 0 spiro atoms. The van der Waals surface area contributed by atoms with Crippen LogP contribution in [0, 0.1) is 24.7 Å². The number of hydrogen-bond donors (Lipinski definition) is 2. The largest absolute Gasteiger partial charge is 0.326 e. The summed E-state index contributed by atoms with van der Waals surface area (Å²) in [4.78, 5) is 12.5. The minimum absolute atomic E-state index is 0.0110. The molecule has 0 saturated heterocycles. The van der Waals surface area contributed by atoms with Crippen LogP contribution >= 0.6 is 0 Å². The maximum absolute atomic E-state index is 12.4. The van der Waals surface area contributed by atoms with Crippen molar-refractivity contribution >= 4 is 21.6 Å². The van der Waals surface area contributed by atoms with Crippen LogP contribution < -0.4 is 10.5 Å². The summed E-state index contributed by atoms with van der Waals surface area (Å²) >= 11 is 0. The second-order valence-corrected chi connectivity index (χ2v) is 7.85. The van der Waals surface area contributed by atoms with E-state index in [9.17, 15) is 13.2 Å². The van der Waals surface area contributed by atoms with Gasteiger partial charge in [-0.05, 0) is 55.7 Å². The summed E-state index contributed by atoms with van der Waals surface area (Å²) in [6.45, 7) is 1.84. The third kappa shape index (κ3) is 2.82. The summed E-state index contributed by atoms with van der Waals surface area (Å²) in [5, 5.41) is 8.03. The van der Waals surface area contributed by atoms with Crippen molar-refractivity contribution in [3.8, 4) is 0 Å². The number of primary sulfonamides is 1. The summed E-state index contributed by atoms with van der Waals surface area (Å²) in [6.07, 6.45) is 4.51. The van der Waals surface area contributed by atoms with Crippen LogP contribution in [0.3, 0.4) is 0 Å². The smallest absolute Gasteiger partial charge is 0.238 e. The molecule has 0 aromatic heterocycles. The predicted molar refractivity (Wildman–Crippen MR) is 80.1 cm³/mol. The fraction of sp³-hybridized carbons (Fsp3) is 0.533. The van der Waals surface area contributed by atoms with E-state index < -0.39 is 10.0 Å². The van der Waals surface area contributed by atoms with E-state index in [0.717, 1.165) is 24.8 Å². The Labute approximate surface area is 125 Å². The van der Waals surface area contributed by atoms with E-state index >= 15 is 0 Å². The van der Waals surface area contributed by atoms with Crippen LogP contribution in [0.2, 0.25) is 0 Å². The van der Waals surface area contributed by atoms with Crippen molar-refractivity contribution in [2.45, 2.75) is 37.5 Å². The molecule has 0 radical (unpaired) electrons. The maximum atomic E-state index is 12.4. The van der Waals surface area contributed by atoms with Crippen molar-refractivity contribution in [3.05, 3.63) is 23.8 Å². The van der Waals surface area contributed by atoms with E-state index in [1.54, 1.807) is 6.07 Å². The Morgan fingerprint density at radius 1 is 1.29 bits per heavy atom. The highest BCUT2D eigenvalue weighted by atomic mass is 32.2. The third-order valence-electron chi connectivity index (χ3n) is 4.87. The first-order valence-corrected chi connectivity index (χ1v) is 8.83. The Balaban J connectivity index is 1.80. The maximum Gasteiger partial charge on any atom is 0.238 e. The van der Waals surface area contributed by atoms with Gasteiger partial charge in [0, 0.05) is 11.6 Å². The van der Waals surface area contributed by atoms with Crippen molar-refractivity contribution in [3.63, 3.8) is 0 Å². The molecule has 2 fully saturated rings. The van der Waals surface area contributed by atoms with Gasteiger partial charge in [-0.15, -0.1) is 0 Å². The monoisotopic (exact) mass is 308 g/mol. The summed E-state index contributed by atoms with van der Waals surface area (Å²) in [7, 11) is -3.76. The molecule has 2 aliphatic carbocycles. The third-order valence-corrected chi connectivity index (χ3v) is 5.78. The number of nitrogens with one attached hydrogen (secondary N) is 1. The van der Waals surface area contributed by atoms with Crippen LogP contribution in [0.25, 0.3) is 0 Å². The van der Waals surface area contributed by atoms with Crippen molar-refractivity contribution < 1.29 is 13.2 Å². The number of fused-ring (bicyclic) bond motifs is 2. The molecule has 114 valence electrons. The minimum atomic E-state index is -3.76. The number of nitrogens with two attached hydrogens (primary N) is 1. The molecule has 3 rings (SSSR count). The van der Waals surface area contributed by atoms with Gasteiger partial charge in [-0.2, -0.15) is 0 Å². The van der Waals surface area contributed by atoms with Crippen LogP contribution in [-0.2, 0) is 14.8 Å². The van der Waals surface area contributed by atoms with Crippen LogP contribution in [0.5, 0.6) is 0 Å². The van der Waals surface area contributed by atoms with Gasteiger partial charge >= 0.3 is 0 Å². The lowest BCUT2D eigenvalue weighted by atomic mass is 9.88. The van der Waals surface area contributed by atoms with Crippen molar-refractivity contribution in [1.29, 1.82) is 0 Å². The van der Waals surface area contributed by atoms with Gasteiger partial charge in [0.25, 0.3) is 0 Å². The van der Waals surface area contributed by atoms with Crippen LogP contribution in [0.4, 0.5) is 5.69 Å². The Morgan fingerprint density at radius 2 is 2.05 bits per heavy atom. The van der Waals surface area contributed by atoms with E-state index in [1.807, 2.05) is 6.92 Å². The molecular weight excluding hydrogens is 288 g/mol. The number of carbonyl (C=O) groups excluding carboxylic acids is 1. The van der Waals surface area contributed by atoms with Crippen LogP contribution in [-0.4, -0.2) is 14.3 Å². The number of sulfonamides is 1. The highest BCUT2D eigenvalue weighted by molar-refractivity contribution is 7.89. The zero-order valence-corrected chi connectivity index (χ0v) is 12.8. The molecule has 2 aliphatic rings. The Morgan fingerprint density at radius 3 is 2.62 bits per heavy atom. The molecule has 1 aromatic rings. The van der Waals surface area contributed by atoms with Gasteiger partial charge in [0.15, 0.2) is 0 Å². The van der Waals surface area contributed by atoms with Gasteiger partial charge in [0.2, 0.25) is 15.9 Å². The molecule has 5 nitrogen and oxygen atoms in total. The van der Waals surface area contributed by atoms with Crippen LogP contribution in [0.15, 0.2) is 23.1 Å². The predicted octanol–water partition coefficient (Wildman–Crippen LogP) is 2.02. The van der Waals surface area contributed by atoms with Gasteiger partial charge in [-0.3, -0.25) is 4.79 Å². The number of anilines is 1. The van der Waals surface area contributed by atoms with Crippen molar-refractivity contribution in [2.24, 2.45) is 22.9 Å². The van der Waals surface area contributed by atoms with Gasteiger partial charge < -0.3 is 5.32 Å². The van der Waals surface area contributed by atoms with Gasteiger partial charge in [0.05, 0.1) is 4.90 Å². The first kappa shape index (κ1) is 14.5. The highest BCUT2D eigenvalue weighted by Crippen LogP contribution is 2.48. The van der Waals surface area contributed by atoms with E-state index in [4.69, 9.17) is 5.14 Å². The van der Waals surface area contributed by atoms with Gasteiger partial charge in [-0.1, -0.05) is 12.5 Å². The fourth-order valence-electron chi connectivity index (χ4n) is 3.70. The number of aryl methyl sites for hydroxylation is 1. The molecule has 0 heterocycles. The fourth-order valence-corrected chi connectivity index (χ4v) is 4.24. The molecule has 1 aromatic carbocycles. The zero-order chi connectivity index (χ0) is 15.2. The molecular formula is C15H20N2O3S. The lowest BCUT2D eigenvalue weighted by Gasteiger charge is -2.21. The topological polar surface area (TPSA) is 89.3 Å². The first-order chi connectivity index (χ1) is 9.84. The van der Waals surface area contributed by atoms with E-state index in [-0.39, 0.29) is 16.7 Å². The molecule has 3 atom stereocenters. The first-order valence-electron chi connectivity index (χ1n) is 7.29. The average Bonchev–Trinajstić information content (AvgIpc) is 3.02. The normalized spacial score (nSPS) is 27.8. The molecule has 0 aliphatic heterocycles. The number of carbonyl (C=O) groups is 1. The number of hydrogen-bond acceptors (Lipinski definition) is 3. The number of amides is 1.